The van der Waals surface area contributed by atoms with Gasteiger partial charge in [-0.1, -0.05) is 45.0 Å². The lowest BCUT2D eigenvalue weighted by Gasteiger charge is -2.26. The first-order valence-corrected chi connectivity index (χ1v) is 11.2. The number of hydrogen-bond acceptors (Lipinski definition) is 6. The molecular formula is C26H38O6. The minimum atomic E-state index is -0.656. The molecule has 6 heteroatoms. The van der Waals surface area contributed by atoms with Crippen LogP contribution < -0.4 is 9.47 Å². The number of ether oxygens (including phenoxy) is 4. The number of methoxy groups -OCH3 is 1. The van der Waals surface area contributed by atoms with Crippen LogP contribution in [0.4, 0.5) is 0 Å². The summed E-state index contributed by atoms with van der Waals surface area (Å²) in [6, 6.07) is 15.8. The molecule has 0 amide bonds. The van der Waals surface area contributed by atoms with Gasteiger partial charge in [0, 0.05) is 12.5 Å². The van der Waals surface area contributed by atoms with Crippen LogP contribution in [0.25, 0.3) is 0 Å². The summed E-state index contributed by atoms with van der Waals surface area (Å²) in [6.45, 7) is 9.27. The van der Waals surface area contributed by atoms with E-state index in [-0.39, 0.29) is 37.9 Å². The summed E-state index contributed by atoms with van der Waals surface area (Å²) < 4.78 is 21.8. The van der Waals surface area contributed by atoms with Gasteiger partial charge >= 0.3 is 0 Å². The molecule has 0 heterocycles. The van der Waals surface area contributed by atoms with Crippen molar-refractivity contribution in [3.63, 3.8) is 0 Å². The summed E-state index contributed by atoms with van der Waals surface area (Å²) in [5, 5.41) is 19.7. The Hall–Kier alpha value is -2.12. The first-order valence-electron chi connectivity index (χ1n) is 11.2. The Bertz CT molecular complexity index is 772. The SMILES string of the molecule is CCC(C)OCC(O)COc1ccc(C(C)(C)c2ccc(OCC(O)COC)cc2)cc1. The van der Waals surface area contributed by atoms with E-state index in [0.29, 0.717) is 11.5 Å². The second-order valence-electron chi connectivity index (χ2n) is 8.61. The van der Waals surface area contributed by atoms with Crippen LogP contribution in [0, 0.1) is 0 Å². The molecule has 0 aliphatic rings. The lowest BCUT2D eigenvalue weighted by molar-refractivity contribution is -0.0192. The number of rotatable bonds is 14. The summed E-state index contributed by atoms with van der Waals surface area (Å²) in [5.41, 5.74) is 2.08. The molecule has 2 aromatic carbocycles. The quantitative estimate of drug-likeness (QED) is 0.458. The molecular weight excluding hydrogens is 408 g/mol. The maximum Gasteiger partial charge on any atom is 0.119 e. The molecule has 0 bridgehead atoms. The van der Waals surface area contributed by atoms with Gasteiger partial charge in [0.25, 0.3) is 0 Å². The maximum absolute atomic E-state index is 10.0. The predicted octanol–water partition coefficient (Wildman–Crippen LogP) is 3.95. The van der Waals surface area contributed by atoms with Gasteiger partial charge in [-0.15, -0.1) is 0 Å². The van der Waals surface area contributed by atoms with Crippen LogP contribution in [0.15, 0.2) is 48.5 Å². The van der Waals surface area contributed by atoms with Crippen LogP contribution in [0.2, 0.25) is 0 Å². The van der Waals surface area contributed by atoms with Gasteiger partial charge < -0.3 is 29.2 Å². The predicted molar refractivity (Wildman–Crippen MR) is 126 cm³/mol. The zero-order chi connectivity index (χ0) is 23.6. The fourth-order valence-corrected chi connectivity index (χ4v) is 3.17. The summed E-state index contributed by atoms with van der Waals surface area (Å²) in [7, 11) is 1.55. The molecule has 0 radical (unpaired) electrons. The average molecular weight is 447 g/mol. The Kier molecular flexibility index (Phi) is 10.5. The van der Waals surface area contributed by atoms with Crippen LogP contribution in [0.1, 0.15) is 45.2 Å². The topological polar surface area (TPSA) is 77.4 Å². The molecule has 0 saturated heterocycles. The van der Waals surface area contributed by atoms with Crippen LogP contribution in [-0.2, 0) is 14.9 Å². The molecule has 0 fully saturated rings. The molecule has 6 nitrogen and oxygen atoms in total. The van der Waals surface area contributed by atoms with Gasteiger partial charge in [-0.2, -0.15) is 0 Å². The van der Waals surface area contributed by atoms with E-state index < -0.39 is 12.2 Å². The first kappa shape index (κ1) is 26.1. The normalized spacial score (nSPS) is 14.6. The molecule has 0 saturated carbocycles. The molecule has 2 aromatic rings. The molecule has 2 N–H and O–H groups in total. The minimum Gasteiger partial charge on any atom is -0.491 e. The van der Waals surface area contributed by atoms with E-state index in [1.165, 1.54) is 0 Å². The Morgan fingerprint density at radius 3 is 1.59 bits per heavy atom. The van der Waals surface area contributed by atoms with E-state index in [1.807, 2.05) is 55.5 Å². The fourth-order valence-electron chi connectivity index (χ4n) is 3.17. The summed E-state index contributed by atoms with van der Waals surface area (Å²) in [6.07, 6.45) is -0.256. The van der Waals surface area contributed by atoms with Gasteiger partial charge in [-0.3, -0.25) is 0 Å². The van der Waals surface area contributed by atoms with E-state index in [0.717, 1.165) is 17.5 Å². The average Bonchev–Trinajstić information content (AvgIpc) is 2.80. The van der Waals surface area contributed by atoms with Crippen LogP contribution in [-0.4, -0.2) is 62.1 Å². The van der Waals surface area contributed by atoms with Crippen molar-refractivity contribution in [2.24, 2.45) is 0 Å². The van der Waals surface area contributed by atoms with Gasteiger partial charge in [0.2, 0.25) is 0 Å². The van der Waals surface area contributed by atoms with E-state index in [9.17, 15) is 10.2 Å². The molecule has 178 valence electrons. The van der Waals surface area contributed by atoms with E-state index in [2.05, 4.69) is 20.8 Å². The molecule has 0 aliphatic heterocycles. The smallest absolute Gasteiger partial charge is 0.119 e. The highest BCUT2D eigenvalue weighted by Crippen LogP contribution is 2.33. The van der Waals surface area contributed by atoms with Crippen molar-refractivity contribution in [2.45, 2.75) is 57.8 Å². The van der Waals surface area contributed by atoms with Crippen LogP contribution in [0.3, 0.4) is 0 Å². The molecule has 2 rings (SSSR count). The van der Waals surface area contributed by atoms with E-state index >= 15 is 0 Å². The van der Waals surface area contributed by atoms with Crippen molar-refractivity contribution >= 4 is 0 Å². The highest BCUT2D eigenvalue weighted by Gasteiger charge is 2.23. The molecule has 3 unspecified atom stereocenters. The summed E-state index contributed by atoms with van der Waals surface area (Å²) >= 11 is 0. The van der Waals surface area contributed by atoms with Crippen molar-refractivity contribution in [1.29, 1.82) is 0 Å². The Balaban J connectivity index is 1.91. The number of benzene rings is 2. The van der Waals surface area contributed by atoms with Crippen molar-refractivity contribution in [3.05, 3.63) is 59.7 Å². The van der Waals surface area contributed by atoms with Crippen LogP contribution >= 0.6 is 0 Å². The van der Waals surface area contributed by atoms with Gasteiger partial charge in [-0.05, 0) is 48.7 Å². The number of aliphatic hydroxyl groups excluding tert-OH is 2. The summed E-state index contributed by atoms with van der Waals surface area (Å²) in [4.78, 5) is 0. The third kappa shape index (κ3) is 8.10. The number of hydrogen-bond donors (Lipinski definition) is 2. The number of aliphatic hydroxyl groups is 2. The zero-order valence-corrected chi connectivity index (χ0v) is 19.9. The van der Waals surface area contributed by atoms with Crippen LogP contribution in [0.5, 0.6) is 11.5 Å². The monoisotopic (exact) mass is 446 g/mol. The minimum absolute atomic E-state index is 0.133. The Labute approximate surface area is 192 Å². The fraction of sp³-hybridized carbons (Fsp3) is 0.538. The largest absolute Gasteiger partial charge is 0.491 e. The lowest BCUT2D eigenvalue weighted by Crippen LogP contribution is -2.25. The first-order chi connectivity index (χ1) is 15.3. The van der Waals surface area contributed by atoms with Crippen molar-refractivity contribution in [3.8, 4) is 11.5 Å². The van der Waals surface area contributed by atoms with Crippen molar-refractivity contribution in [2.75, 3.05) is 33.5 Å². The van der Waals surface area contributed by atoms with Gasteiger partial charge in [0.05, 0.1) is 19.3 Å². The third-order valence-corrected chi connectivity index (χ3v) is 5.54. The maximum atomic E-state index is 10.0. The van der Waals surface area contributed by atoms with E-state index in [4.69, 9.17) is 18.9 Å². The second kappa shape index (κ2) is 12.8. The highest BCUT2D eigenvalue weighted by atomic mass is 16.5. The second-order valence-corrected chi connectivity index (χ2v) is 8.61. The Morgan fingerprint density at radius 2 is 1.19 bits per heavy atom. The van der Waals surface area contributed by atoms with E-state index in [1.54, 1.807) is 7.11 Å². The Morgan fingerprint density at radius 1 is 0.750 bits per heavy atom. The molecule has 32 heavy (non-hydrogen) atoms. The standard InChI is InChI=1S/C26H38O6/c1-6-19(2)30-16-23(28)18-32-25-13-9-21(10-14-25)26(3,4)20-7-11-24(12-8-20)31-17-22(27)15-29-5/h7-14,19,22-23,27-28H,6,15-18H2,1-5H3. The van der Waals surface area contributed by atoms with Gasteiger partial charge in [0.15, 0.2) is 0 Å². The summed E-state index contributed by atoms with van der Waals surface area (Å²) in [5.74, 6) is 1.42. The third-order valence-electron chi connectivity index (χ3n) is 5.54. The molecule has 0 aliphatic carbocycles. The highest BCUT2D eigenvalue weighted by molar-refractivity contribution is 5.41. The van der Waals surface area contributed by atoms with Crippen molar-refractivity contribution < 1.29 is 29.2 Å². The molecule has 0 spiro atoms. The van der Waals surface area contributed by atoms with Crippen molar-refractivity contribution in [1.82, 2.24) is 0 Å². The zero-order valence-electron chi connectivity index (χ0n) is 19.9. The lowest BCUT2D eigenvalue weighted by atomic mass is 9.78. The van der Waals surface area contributed by atoms with Gasteiger partial charge in [0.1, 0.15) is 36.9 Å². The molecule has 3 atom stereocenters. The van der Waals surface area contributed by atoms with Gasteiger partial charge in [-0.25, -0.2) is 0 Å². The molecule has 0 aromatic heterocycles.